The quantitative estimate of drug-likeness (QED) is 0.822. The monoisotopic (exact) mass is 258 g/mol. The lowest BCUT2D eigenvalue weighted by molar-refractivity contribution is -0.116. The van der Waals surface area contributed by atoms with E-state index in [2.05, 4.69) is 15.4 Å². The van der Waals surface area contributed by atoms with E-state index in [4.69, 9.17) is 0 Å². The number of aryl methyl sites for hydroxylation is 1. The summed E-state index contributed by atoms with van der Waals surface area (Å²) in [5.74, 6) is -0.277. The van der Waals surface area contributed by atoms with Gasteiger partial charge in [-0.25, -0.2) is 0 Å². The highest BCUT2D eigenvalue weighted by Crippen LogP contribution is 2.29. The van der Waals surface area contributed by atoms with E-state index in [1.807, 2.05) is 0 Å². The van der Waals surface area contributed by atoms with Crippen LogP contribution in [0.4, 0.5) is 14.5 Å². The van der Waals surface area contributed by atoms with Gasteiger partial charge in [-0.05, 0) is 25.6 Å². The van der Waals surface area contributed by atoms with Gasteiger partial charge in [0.1, 0.15) is 5.75 Å². The molecule has 0 radical (unpaired) electrons. The van der Waals surface area contributed by atoms with E-state index in [9.17, 15) is 13.6 Å². The molecule has 0 aromatic heterocycles. The average molecular weight is 258 g/mol. The number of hydrogen-bond donors (Lipinski definition) is 2. The van der Waals surface area contributed by atoms with Crippen LogP contribution in [0.5, 0.6) is 5.75 Å². The first-order valence-corrected chi connectivity index (χ1v) is 5.53. The maximum absolute atomic E-state index is 12.2. The number of benzene rings is 1. The van der Waals surface area contributed by atoms with Crippen LogP contribution in [-0.4, -0.2) is 26.1 Å². The molecule has 0 bridgehead atoms. The fourth-order valence-electron chi connectivity index (χ4n) is 1.44. The fraction of sp³-hybridized carbons (Fsp3) is 0.417. The van der Waals surface area contributed by atoms with Gasteiger partial charge in [0.25, 0.3) is 0 Å². The average Bonchev–Trinajstić information content (AvgIpc) is 2.30. The SMILES string of the molecule is CNCCC(=O)Nc1c(C)cccc1OC(F)F. The highest BCUT2D eigenvalue weighted by atomic mass is 19.3. The smallest absolute Gasteiger partial charge is 0.387 e. The molecule has 1 rings (SSSR count). The second-order valence-corrected chi connectivity index (χ2v) is 3.73. The molecule has 2 N–H and O–H groups in total. The number of anilines is 1. The van der Waals surface area contributed by atoms with Crippen LogP contribution in [0.1, 0.15) is 12.0 Å². The van der Waals surface area contributed by atoms with Crippen LogP contribution in [0.25, 0.3) is 0 Å². The zero-order chi connectivity index (χ0) is 13.5. The number of ether oxygens (including phenoxy) is 1. The maximum Gasteiger partial charge on any atom is 0.387 e. The third-order valence-electron chi connectivity index (χ3n) is 2.32. The number of carbonyl (C=O) groups excluding carboxylic acids is 1. The summed E-state index contributed by atoms with van der Waals surface area (Å²) in [5.41, 5.74) is 0.963. The van der Waals surface area contributed by atoms with Gasteiger partial charge in [0.05, 0.1) is 5.69 Å². The number of hydrogen-bond acceptors (Lipinski definition) is 3. The van der Waals surface area contributed by atoms with E-state index in [0.29, 0.717) is 17.8 Å². The Balaban J connectivity index is 2.82. The van der Waals surface area contributed by atoms with Crippen LogP contribution >= 0.6 is 0 Å². The third kappa shape index (κ3) is 4.29. The maximum atomic E-state index is 12.2. The molecule has 0 saturated carbocycles. The second-order valence-electron chi connectivity index (χ2n) is 3.73. The van der Waals surface area contributed by atoms with E-state index in [1.165, 1.54) is 6.07 Å². The van der Waals surface area contributed by atoms with Gasteiger partial charge in [-0.1, -0.05) is 12.1 Å². The number of amides is 1. The lowest BCUT2D eigenvalue weighted by atomic mass is 10.2. The molecule has 18 heavy (non-hydrogen) atoms. The predicted molar refractivity (Wildman–Crippen MR) is 65.0 cm³/mol. The minimum absolute atomic E-state index is 0.0252. The summed E-state index contributed by atoms with van der Waals surface area (Å²) in [6, 6.07) is 4.70. The van der Waals surface area contributed by atoms with Crippen LogP contribution in [-0.2, 0) is 4.79 Å². The van der Waals surface area contributed by atoms with Crippen LogP contribution in [0.15, 0.2) is 18.2 Å². The van der Waals surface area contributed by atoms with Gasteiger partial charge in [-0.3, -0.25) is 4.79 Å². The van der Waals surface area contributed by atoms with Gasteiger partial charge in [0.2, 0.25) is 5.91 Å². The molecule has 4 nitrogen and oxygen atoms in total. The first-order chi connectivity index (χ1) is 8.54. The van der Waals surface area contributed by atoms with E-state index >= 15 is 0 Å². The number of nitrogens with one attached hydrogen (secondary N) is 2. The Hall–Kier alpha value is -1.69. The molecule has 0 heterocycles. The second kappa shape index (κ2) is 6.90. The van der Waals surface area contributed by atoms with Crippen molar-refractivity contribution in [3.05, 3.63) is 23.8 Å². The van der Waals surface area contributed by atoms with Crippen LogP contribution in [0.3, 0.4) is 0 Å². The third-order valence-corrected chi connectivity index (χ3v) is 2.32. The van der Waals surface area contributed by atoms with Gasteiger partial charge >= 0.3 is 6.61 Å². The lowest BCUT2D eigenvalue weighted by Crippen LogP contribution is -2.19. The molecular formula is C12H16F2N2O2. The molecule has 0 saturated heterocycles. The molecule has 0 unspecified atom stereocenters. The van der Waals surface area contributed by atoms with Crippen molar-refractivity contribution in [1.29, 1.82) is 0 Å². The highest BCUT2D eigenvalue weighted by Gasteiger charge is 2.13. The summed E-state index contributed by atoms with van der Waals surface area (Å²) < 4.78 is 28.8. The number of halogens is 2. The molecule has 1 amide bonds. The minimum Gasteiger partial charge on any atom is -0.433 e. The Labute approximate surface area is 104 Å². The molecule has 0 aliphatic carbocycles. The minimum atomic E-state index is -2.92. The fourth-order valence-corrected chi connectivity index (χ4v) is 1.44. The summed E-state index contributed by atoms with van der Waals surface area (Å²) in [6.07, 6.45) is 0.263. The summed E-state index contributed by atoms with van der Waals surface area (Å²) in [6.45, 7) is -0.686. The van der Waals surface area contributed by atoms with Crippen LogP contribution < -0.4 is 15.4 Å². The lowest BCUT2D eigenvalue weighted by Gasteiger charge is -2.14. The summed E-state index contributed by atoms with van der Waals surface area (Å²) in [5, 5.41) is 5.42. The largest absolute Gasteiger partial charge is 0.433 e. The van der Waals surface area contributed by atoms with Crippen molar-refractivity contribution >= 4 is 11.6 Å². The van der Waals surface area contributed by atoms with E-state index < -0.39 is 6.61 Å². The van der Waals surface area contributed by atoms with Crippen molar-refractivity contribution in [2.45, 2.75) is 20.0 Å². The van der Waals surface area contributed by atoms with E-state index in [-0.39, 0.29) is 18.1 Å². The van der Waals surface area contributed by atoms with E-state index in [1.54, 1.807) is 26.1 Å². The highest BCUT2D eigenvalue weighted by molar-refractivity contribution is 5.93. The van der Waals surface area contributed by atoms with Gasteiger partial charge < -0.3 is 15.4 Å². The summed E-state index contributed by atoms with van der Waals surface area (Å²) in [4.78, 5) is 11.6. The number of alkyl halides is 2. The number of para-hydroxylation sites is 1. The van der Waals surface area contributed by atoms with Gasteiger partial charge in [0, 0.05) is 13.0 Å². The molecule has 0 aliphatic rings. The molecular weight excluding hydrogens is 242 g/mol. The Morgan fingerprint density at radius 1 is 1.44 bits per heavy atom. The molecule has 6 heteroatoms. The molecule has 1 aromatic rings. The molecule has 0 spiro atoms. The zero-order valence-corrected chi connectivity index (χ0v) is 10.3. The van der Waals surface area contributed by atoms with Crippen molar-refractivity contribution in [2.24, 2.45) is 0 Å². The molecule has 0 fully saturated rings. The Kier molecular flexibility index (Phi) is 5.51. The van der Waals surface area contributed by atoms with Gasteiger partial charge in [-0.15, -0.1) is 0 Å². The topological polar surface area (TPSA) is 50.4 Å². The van der Waals surface area contributed by atoms with Gasteiger partial charge in [-0.2, -0.15) is 8.78 Å². The predicted octanol–water partition coefficient (Wildman–Crippen LogP) is 2.14. The molecule has 0 atom stereocenters. The number of carbonyl (C=O) groups is 1. The summed E-state index contributed by atoms with van der Waals surface area (Å²) >= 11 is 0. The zero-order valence-electron chi connectivity index (χ0n) is 10.3. The molecule has 1 aromatic carbocycles. The van der Waals surface area contributed by atoms with Crippen molar-refractivity contribution < 1.29 is 18.3 Å². The van der Waals surface area contributed by atoms with E-state index in [0.717, 1.165) is 0 Å². The van der Waals surface area contributed by atoms with Crippen molar-refractivity contribution in [2.75, 3.05) is 18.9 Å². The molecule has 0 aliphatic heterocycles. The first-order valence-electron chi connectivity index (χ1n) is 5.53. The van der Waals surface area contributed by atoms with Crippen molar-refractivity contribution in [3.8, 4) is 5.75 Å². The Morgan fingerprint density at radius 2 is 2.17 bits per heavy atom. The summed E-state index contributed by atoms with van der Waals surface area (Å²) in [7, 11) is 1.73. The number of rotatable bonds is 6. The standard InChI is InChI=1S/C12H16F2N2O2/c1-8-4-3-5-9(18-12(13)14)11(8)16-10(17)6-7-15-2/h3-5,12,15H,6-7H2,1-2H3,(H,16,17). The van der Waals surface area contributed by atoms with Gasteiger partial charge in [0.15, 0.2) is 0 Å². The normalized spacial score (nSPS) is 10.5. The van der Waals surface area contributed by atoms with Crippen LogP contribution in [0.2, 0.25) is 0 Å². The van der Waals surface area contributed by atoms with Crippen molar-refractivity contribution in [3.63, 3.8) is 0 Å². The first kappa shape index (κ1) is 14.4. The van der Waals surface area contributed by atoms with Crippen LogP contribution in [0, 0.1) is 6.92 Å². The van der Waals surface area contributed by atoms with Crippen molar-refractivity contribution in [1.82, 2.24) is 5.32 Å². The molecule has 100 valence electrons. The Morgan fingerprint density at radius 3 is 2.78 bits per heavy atom. The Bertz CT molecular complexity index is 411.